The summed E-state index contributed by atoms with van der Waals surface area (Å²) < 4.78 is 43.6. The molecule has 3 aliphatic heterocycles. The minimum Gasteiger partial charge on any atom is -0.393 e. The first-order chi connectivity index (χ1) is 18.2. The number of hydrogen-bond donors (Lipinski definition) is 0. The fraction of sp³-hybridized carbons (Fsp3) is 0.806. The second-order valence-electron chi connectivity index (χ2n) is 16.0. The second-order valence-corrected chi connectivity index (χ2v) is 22.7. The van der Waals surface area contributed by atoms with Crippen molar-refractivity contribution in [3.63, 3.8) is 0 Å². The van der Waals surface area contributed by atoms with Crippen LogP contribution in [-0.4, -0.2) is 69.8 Å². The van der Waals surface area contributed by atoms with Crippen LogP contribution in [0.4, 0.5) is 0 Å². The van der Waals surface area contributed by atoms with Crippen LogP contribution in [0, 0.1) is 12.3 Å². The zero-order chi connectivity index (χ0) is 30.0. The fourth-order valence-electron chi connectivity index (χ4n) is 7.67. The molecule has 0 N–H and O–H groups in total. The van der Waals surface area contributed by atoms with Gasteiger partial charge in [-0.15, -0.1) is 0 Å². The Morgan fingerprint density at radius 2 is 1.43 bits per heavy atom. The van der Waals surface area contributed by atoms with Gasteiger partial charge >= 0.3 is 8.56 Å². The van der Waals surface area contributed by atoms with Crippen LogP contribution in [0.5, 0.6) is 0 Å². The normalized spacial score (nSPS) is 27.2. The van der Waals surface area contributed by atoms with Gasteiger partial charge in [-0.2, -0.15) is 9.37 Å². The van der Waals surface area contributed by atoms with Gasteiger partial charge in [0.1, 0.15) is 0 Å². The SMILES string of the molecule is Cc1ccc(S(=O)(=O)N2CC3(CO[Si](C(C)(C)C)(C(C)(C)C)OC3)C[C@H]2CON2C(C)(C)CCCC2(C)C)cc1. The summed E-state index contributed by atoms with van der Waals surface area (Å²) in [6.45, 7) is 25.8. The van der Waals surface area contributed by atoms with E-state index in [2.05, 4.69) is 74.3 Å². The van der Waals surface area contributed by atoms with Crippen LogP contribution >= 0.6 is 0 Å². The van der Waals surface area contributed by atoms with Crippen LogP contribution in [0.2, 0.25) is 10.1 Å². The first kappa shape index (κ1) is 32.1. The molecule has 0 aromatic heterocycles. The molecule has 40 heavy (non-hydrogen) atoms. The molecule has 3 heterocycles. The van der Waals surface area contributed by atoms with Crippen molar-refractivity contribution in [3.8, 4) is 0 Å². The molecule has 9 heteroatoms. The van der Waals surface area contributed by atoms with Gasteiger partial charge in [0.05, 0.1) is 17.5 Å². The van der Waals surface area contributed by atoms with Gasteiger partial charge in [0, 0.05) is 46.3 Å². The summed E-state index contributed by atoms with van der Waals surface area (Å²) in [5.41, 5.74) is 0.373. The van der Waals surface area contributed by atoms with Crippen LogP contribution in [-0.2, 0) is 23.7 Å². The van der Waals surface area contributed by atoms with Gasteiger partial charge in [-0.05, 0) is 72.4 Å². The highest BCUT2D eigenvalue weighted by Gasteiger charge is 2.63. The number of sulfonamides is 1. The highest BCUT2D eigenvalue weighted by Crippen LogP contribution is 2.56. The highest BCUT2D eigenvalue weighted by atomic mass is 32.2. The average molecular weight is 595 g/mol. The molecular weight excluding hydrogens is 541 g/mol. The summed E-state index contributed by atoms with van der Waals surface area (Å²) in [7, 11) is -6.37. The molecule has 1 aromatic carbocycles. The van der Waals surface area contributed by atoms with Crippen molar-refractivity contribution < 1.29 is 22.1 Å². The lowest BCUT2D eigenvalue weighted by Gasteiger charge is -2.54. The summed E-state index contributed by atoms with van der Waals surface area (Å²) in [5.74, 6) is 0. The number of nitrogens with zero attached hydrogens (tertiary/aromatic N) is 2. The summed E-state index contributed by atoms with van der Waals surface area (Å²) in [4.78, 5) is 6.94. The largest absolute Gasteiger partial charge is 0.393 e. The first-order valence-corrected chi connectivity index (χ1v) is 18.2. The first-order valence-electron chi connectivity index (χ1n) is 15.0. The number of rotatable bonds is 5. The highest BCUT2D eigenvalue weighted by molar-refractivity contribution is 7.89. The molecule has 0 saturated carbocycles. The van der Waals surface area contributed by atoms with Crippen LogP contribution in [0.25, 0.3) is 0 Å². The number of aryl methyl sites for hydroxylation is 1. The van der Waals surface area contributed by atoms with Crippen molar-refractivity contribution in [2.45, 2.75) is 134 Å². The Morgan fingerprint density at radius 1 is 0.925 bits per heavy atom. The Bertz CT molecular complexity index is 1130. The van der Waals surface area contributed by atoms with Crippen LogP contribution < -0.4 is 0 Å². The number of piperidine rings is 1. The van der Waals surface area contributed by atoms with Gasteiger partial charge in [0.15, 0.2) is 0 Å². The van der Waals surface area contributed by atoms with E-state index in [1.165, 1.54) is 0 Å². The third-order valence-electron chi connectivity index (χ3n) is 9.41. The van der Waals surface area contributed by atoms with Gasteiger partial charge < -0.3 is 8.85 Å². The predicted octanol–water partition coefficient (Wildman–Crippen LogP) is 6.81. The molecule has 0 aliphatic carbocycles. The van der Waals surface area contributed by atoms with Gasteiger partial charge in [-0.3, -0.25) is 4.84 Å². The molecule has 1 spiro atoms. The second kappa shape index (κ2) is 10.4. The van der Waals surface area contributed by atoms with Crippen molar-refractivity contribution in [1.82, 2.24) is 9.37 Å². The van der Waals surface area contributed by atoms with E-state index in [0.717, 1.165) is 24.8 Å². The topological polar surface area (TPSA) is 68.3 Å². The van der Waals surface area contributed by atoms with Crippen molar-refractivity contribution in [2.24, 2.45) is 5.41 Å². The standard InChI is InChI=1S/C31H54N2O5SSi/c1-24-13-15-26(16-14-24)39(34,35)32-21-31(22-37-40(38-23-31,27(2,3)4)28(5,6)7)19-25(32)20-36-33-29(8,9)17-12-18-30(33,10)11/h13-16,25H,12,17-23H2,1-11H3/t25-/m0/s1. The van der Waals surface area contributed by atoms with E-state index in [4.69, 9.17) is 13.7 Å². The molecule has 3 aliphatic rings. The Kier molecular flexibility index (Phi) is 8.36. The molecule has 3 fully saturated rings. The molecule has 0 amide bonds. The van der Waals surface area contributed by atoms with Gasteiger partial charge in [0.25, 0.3) is 0 Å². The van der Waals surface area contributed by atoms with Crippen molar-refractivity contribution in [3.05, 3.63) is 29.8 Å². The lowest BCUT2D eigenvalue weighted by atomic mass is 9.82. The van der Waals surface area contributed by atoms with Gasteiger partial charge in [0.2, 0.25) is 10.0 Å². The predicted molar refractivity (Wildman–Crippen MR) is 163 cm³/mol. The third-order valence-corrected chi connectivity index (χ3v) is 16.4. The van der Waals surface area contributed by atoms with E-state index in [0.29, 0.717) is 37.7 Å². The Labute approximate surface area is 245 Å². The number of hydrogen-bond acceptors (Lipinski definition) is 6. The molecule has 228 valence electrons. The van der Waals surface area contributed by atoms with Gasteiger partial charge in [-0.25, -0.2) is 8.42 Å². The summed E-state index contributed by atoms with van der Waals surface area (Å²) in [6, 6.07) is 6.85. The zero-order valence-electron chi connectivity index (χ0n) is 26.9. The summed E-state index contributed by atoms with van der Waals surface area (Å²) in [5, 5.41) is 1.90. The summed E-state index contributed by atoms with van der Waals surface area (Å²) >= 11 is 0. The minimum atomic E-state index is -3.74. The molecule has 0 unspecified atom stereocenters. The Hall–Kier alpha value is -0.813. The van der Waals surface area contributed by atoms with E-state index >= 15 is 0 Å². The molecule has 7 nitrogen and oxygen atoms in total. The van der Waals surface area contributed by atoms with E-state index in [-0.39, 0.29) is 27.2 Å². The lowest BCUT2D eigenvalue weighted by Crippen LogP contribution is -2.63. The van der Waals surface area contributed by atoms with Crippen molar-refractivity contribution in [2.75, 3.05) is 26.4 Å². The molecule has 3 saturated heterocycles. The van der Waals surface area contributed by atoms with E-state index < -0.39 is 24.0 Å². The molecule has 0 bridgehead atoms. The maximum Gasteiger partial charge on any atom is 0.349 e. The fourth-order valence-corrected chi connectivity index (χ4v) is 14.5. The number of benzene rings is 1. The van der Waals surface area contributed by atoms with E-state index in [9.17, 15) is 8.42 Å². The Morgan fingerprint density at radius 3 is 1.90 bits per heavy atom. The maximum atomic E-state index is 14.1. The maximum absolute atomic E-state index is 14.1. The molecule has 1 atom stereocenters. The van der Waals surface area contributed by atoms with Crippen molar-refractivity contribution >= 4 is 18.6 Å². The molecular formula is C31H54N2O5SSi. The average Bonchev–Trinajstić information content (AvgIpc) is 3.16. The quantitative estimate of drug-likeness (QED) is 0.349. The molecule has 4 rings (SSSR count). The smallest absolute Gasteiger partial charge is 0.349 e. The number of hydroxylamine groups is 2. The van der Waals surface area contributed by atoms with Gasteiger partial charge in [-0.1, -0.05) is 59.2 Å². The van der Waals surface area contributed by atoms with E-state index in [1.54, 1.807) is 16.4 Å². The monoisotopic (exact) mass is 594 g/mol. The van der Waals surface area contributed by atoms with Crippen LogP contribution in [0.1, 0.15) is 100 Å². The van der Waals surface area contributed by atoms with Crippen LogP contribution in [0.15, 0.2) is 29.2 Å². The third kappa shape index (κ3) is 5.73. The minimum absolute atomic E-state index is 0.118. The van der Waals surface area contributed by atoms with E-state index in [1.807, 2.05) is 19.1 Å². The van der Waals surface area contributed by atoms with Crippen LogP contribution in [0.3, 0.4) is 0 Å². The van der Waals surface area contributed by atoms with Crippen molar-refractivity contribution in [1.29, 1.82) is 0 Å². The lowest BCUT2D eigenvalue weighted by molar-refractivity contribution is -0.284. The Balaban J connectivity index is 1.64. The molecule has 0 radical (unpaired) electrons. The molecule has 1 aromatic rings. The zero-order valence-corrected chi connectivity index (χ0v) is 28.7. The summed E-state index contributed by atoms with van der Waals surface area (Å²) in [6.07, 6.45) is 3.89.